The van der Waals surface area contributed by atoms with E-state index in [-0.39, 0.29) is 11.7 Å². The zero-order valence-corrected chi connectivity index (χ0v) is 16.6. The summed E-state index contributed by atoms with van der Waals surface area (Å²) in [7, 11) is 1.30. The summed E-state index contributed by atoms with van der Waals surface area (Å²) in [6, 6.07) is 11.6. The summed E-state index contributed by atoms with van der Waals surface area (Å²) < 4.78 is 5.69. The number of ketones is 1. The third-order valence-electron chi connectivity index (χ3n) is 4.53. The first-order valence-electron chi connectivity index (χ1n) is 8.45. The molecule has 0 aromatic heterocycles. The van der Waals surface area contributed by atoms with E-state index in [1.54, 1.807) is 24.3 Å². The Kier molecular flexibility index (Phi) is 5.60. The molecule has 2 aromatic rings. The number of carbonyl (C=O) groups is 3. The minimum absolute atomic E-state index is 0.0887. The van der Waals surface area contributed by atoms with Gasteiger partial charge in [0, 0.05) is 22.3 Å². The van der Waals surface area contributed by atoms with E-state index < -0.39 is 12.1 Å². The standard InChI is InChI=1S/C20H19BrN2O4/c1-12(24)14-4-3-5-16(10-14)22-19(25)18-17-11-15(21)7-6-13(17)8-9-23(18)20(26)27-2/h3-7,10-11,18H,8-9H2,1-2H3,(H,22,25)/t18-/m1/s1. The van der Waals surface area contributed by atoms with Crippen molar-refractivity contribution in [2.45, 2.75) is 19.4 Å². The van der Waals surface area contributed by atoms with Gasteiger partial charge in [0.1, 0.15) is 6.04 Å². The number of methoxy groups -OCH3 is 1. The lowest BCUT2D eigenvalue weighted by Gasteiger charge is -2.35. The predicted molar refractivity (Wildman–Crippen MR) is 105 cm³/mol. The topological polar surface area (TPSA) is 75.7 Å². The van der Waals surface area contributed by atoms with E-state index in [1.165, 1.54) is 18.9 Å². The van der Waals surface area contributed by atoms with Crippen LogP contribution in [0.25, 0.3) is 0 Å². The molecule has 6 nitrogen and oxygen atoms in total. The Morgan fingerprint density at radius 2 is 1.96 bits per heavy atom. The molecule has 7 heteroatoms. The molecule has 0 saturated carbocycles. The van der Waals surface area contributed by atoms with Crippen molar-refractivity contribution in [2.24, 2.45) is 0 Å². The SMILES string of the molecule is COC(=O)N1CCc2ccc(Br)cc2[C@@H]1C(=O)Nc1cccc(C(C)=O)c1. The molecule has 0 saturated heterocycles. The molecule has 0 bridgehead atoms. The second-order valence-corrected chi connectivity index (χ2v) is 7.20. The van der Waals surface area contributed by atoms with Gasteiger partial charge in [0.25, 0.3) is 5.91 Å². The van der Waals surface area contributed by atoms with E-state index in [0.29, 0.717) is 24.2 Å². The van der Waals surface area contributed by atoms with Crippen molar-refractivity contribution >= 4 is 39.4 Å². The monoisotopic (exact) mass is 430 g/mol. The molecule has 0 fully saturated rings. The van der Waals surface area contributed by atoms with Crippen LogP contribution in [-0.4, -0.2) is 36.3 Å². The number of hydrogen-bond acceptors (Lipinski definition) is 4. The Morgan fingerprint density at radius 3 is 2.67 bits per heavy atom. The van der Waals surface area contributed by atoms with Crippen molar-refractivity contribution in [1.82, 2.24) is 4.90 Å². The summed E-state index contributed by atoms with van der Waals surface area (Å²) in [6.45, 7) is 1.85. The number of nitrogens with zero attached hydrogens (tertiary/aromatic N) is 1. The second-order valence-electron chi connectivity index (χ2n) is 6.29. The Labute approximate surface area is 165 Å². The molecule has 1 heterocycles. The highest BCUT2D eigenvalue weighted by Crippen LogP contribution is 2.33. The van der Waals surface area contributed by atoms with Crippen molar-refractivity contribution in [2.75, 3.05) is 19.0 Å². The maximum Gasteiger partial charge on any atom is 0.410 e. The number of anilines is 1. The molecule has 27 heavy (non-hydrogen) atoms. The van der Waals surface area contributed by atoms with Crippen LogP contribution in [-0.2, 0) is 16.0 Å². The van der Waals surface area contributed by atoms with Crippen molar-refractivity contribution < 1.29 is 19.1 Å². The summed E-state index contributed by atoms with van der Waals surface area (Å²) in [5.41, 5.74) is 2.77. The van der Waals surface area contributed by atoms with Crippen molar-refractivity contribution in [3.8, 4) is 0 Å². The fourth-order valence-corrected chi connectivity index (χ4v) is 3.59. The fraction of sp³-hybridized carbons (Fsp3) is 0.250. The fourth-order valence-electron chi connectivity index (χ4n) is 3.21. The summed E-state index contributed by atoms with van der Waals surface area (Å²) in [4.78, 5) is 38.3. The minimum Gasteiger partial charge on any atom is -0.453 e. The van der Waals surface area contributed by atoms with Gasteiger partial charge in [0.15, 0.2) is 5.78 Å². The number of ether oxygens (including phenoxy) is 1. The Balaban J connectivity index is 1.96. The molecule has 140 valence electrons. The third kappa shape index (κ3) is 4.03. The second kappa shape index (κ2) is 7.92. The van der Waals surface area contributed by atoms with Gasteiger partial charge >= 0.3 is 6.09 Å². The van der Waals surface area contributed by atoms with Gasteiger partial charge in [-0.05, 0) is 48.7 Å². The summed E-state index contributed by atoms with van der Waals surface area (Å²) >= 11 is 3.43. The normalized spacial score (nSPS) is 15.7. The number of benzene rings is 2. The molecule has 2 amide bonds. The molecule has 3 rings (SSSR count). The van der Waals surface area contributed by atoms with Crippen LogP contribution < -0.4 is 5.32 Å². The molecule has 2 aromatic carbocycles. The molecule has 1 N–H and O–H groups in total. The number of halogens is 1. The van der Waals surface area contributed by atoms with E-state index >= 15 is 0 Å². The maximum atomic E-state index is 13.1. The highest BCUT2D eigenvalue weighted by Gasteiger charge is 2.36. The number of hydrogen-bond donors (Lipinski definition) is 1. The van der Waals surface area contributed by atoms with Gasteiger partial charge in [0.05, 0.1) is 7.11 Å². The first-order chi connectivity index (χ1) is 12.9. The van der Waals surface area contributed by atoms with Gasteiger partial charge in [-0.3, -0.25) is 14.5 Å². The molecule has 0 aliphatic carbocycles. The van der Waals surface area contributed by atoms with E-state index in [2.05, 4.69) is 21.2 Å². The third-order valence-corrected chi connectivity index (χ3v) is 5.02. The molecular formula is C20H19BrN2O4. The Bertz CT molecular complexity index is 913. The number of Topliss-reactive ketones (excluding diaryl/α,β-unsaturated/α-hetero) is 1. The van der Waals surface area contributed by atoms with Gasteiger partial charge in [0.2, 0.25) is 0 Å². The molecule has 0 unspecified atom stereocenters. The number of fused-ring (bicyclic) bond motifs is 1. The van der Waals surface area contributed by atoms with E-state index in [1.807, 2.05) is 18.2 Å². The van der Waals surface area contributed by atoms with Crippen molar-refractivity contribution in [1.29, 1.82) is 0 Å². The summed E-state index contributed by atoms with van der Waals surface area (Å²) in [5.74, 6) is -0.450. The van der Waals surface area contributed by atoms with Crippen molar-refractivity contribution in [3.63, 3.8) is 0 Å². The van der Waals surface area contributed by atoms with Crippen LogP contribution in [0.2, 0.25) is 0 Å². The van der Waals surface area contributed by atoms with E-state index in [4.69, 9.17) is 4.74 Å². The summed E-state index contributed by atoms with van der Waals surface area (Å²) in [5, 5.41) is 2.82. The smallest absolute Gasteiger partial charge is 0.410 e. The maximum absolute atomic E-state index is 13.1. The minimum atomic E-state index is -0.820. The quantitative estimate of drug-likeness (QED) is 0.747. The van der Waals surface area contributed by atoms with Gasteiger partial charge < -0.3 is 10.1 Å². The van der Waals surface area contributed by atoms with Gasteiger partial charge in [-0.25, -0.2) is 4.79 Å². The van der Waals surface area contributed by atoms with Crippen LogP contribution in [0.1, 0.15) is 34.5 Å². The lowest BCUT2D eigenvalue weighted by atomic mass is 9.92. The van der Waals surface area contributed by atoms with Gasteiger partial charge in [-0.2, -0.15) is 0 Å². The van der Waals surface area contributed by atoms with E-state index in [0.717, 1.165) is 15.6 Å². The Hall–Kier alpha value is -2.67. The lowest BCUT2D eigenvalue weighted by Crippen LogP contribution is -2.45. The molecule has 1 atom stereocenters. The van der Waals surface area contributed by atoms with Crippen LogP contribution >= 0.6 is 15.9 Å². The van der Waals surface area contributed by atoms with Crippen LogP contribution in [0.3, 0.4) is 0 Å². The van der Waals surface area contributed by atoms with Crippen LogP contribution in [0, 0.1) is 0 Å². The first kappa shape index (κ1) is 19.1. The number of carbonyl (C=O) groups excluding carboxylic acids is 3. The van der Waals surface area contributed by atoms with Crippen LogP contribution in [0.4, 0.5) is 10.5 Å². The zero-order chi connectivity index (χ0) is 19.6. The predicted octanol–water partition coefficient (Wildman–Crippen LogP) is 3.96. The number of rotatable bonds is 3. The van der Waals surface area contributed by atoms with Gasteiger partial charge in [-0.15, -0.1) is 0 Å². The average molecular weight is 431 g/mol. The Morgan fingerprint density at radius 1 is 1.19 bits per heavy atom. The molecular weight excluding hydrogens is 412 g/mol. The zero-order valence-electron chi connectivity index (χ0n) is 15.0. The number of nitrogens with one attached hydrogen (secondary N) is 1. The largest absolute Gasteiger partial charge is 0.453 e. The molecule has 1 aliphatic heterocycles. The highest BCUT2D eigenvalue weighted by molar-refractivity contribution is 9.10. The van der Waals surface area contributed by atoms with Gasteiger partial charge in [-0.1, -0.05) is 34.1 Å². The molecule has 1 aliphatic rings. The van der Waals surface area contributed by atoms with Crippen LogP contribution in [0.15, 0.2) is 46.9 Å². The van der Waals surface area contributed by atoms with E-state index in [9.17, 15) is 14.4 Å². The lowest BCUT2D eigenvalue weighted by molar-refractivity contribution is -0.121. The number of amides is 2. The average Bonchev–Trinajstić information content (AvgIpc) is 2.66. The highest BCUT2D eigenvalue weighted by atomic mass is 79.9. The van der Waals surface area contributed by atoms with Crippen LogP contribution in [0.5, 0.6) is 0 Å². The molecule has 0 spiro atoms. The first-order valence-corrected chi connectivity index (χ1v) is 9.25. The molecule has 0 radical (unpaired) electrons. The van der Waals surface area contributed by atoms with Crippen molar-refractivity contribution in [3.05, 3.63) is 63.6 Å². The summed E-state index contributed by atoms with van der Waals surface area (Å²) in [6.07, 6.45) is 0.0830.